The molecule has 2 aliphatic carbocycles. The van der Waals surface area contributed by atoms with E-state index >= 15 is 0 Å². The first-order valence-electron chi connectivity index (χ1n) is 15.2. The van der Waals surface area contributed by atoms with Gasteiger partial charge in [-0.3, -0.25) is 18.7 Å². The Labute approximate surface area is 241 Å². The number of amides is 1. The Balaban J connectivity index is 1.58. The van der Waals surface area contributed by atoms with Crippen LogP contribution in [0.1, 0.15) is 88.8 Å². The third-order valence-corrected chi connectivity index (χ3v) is 8.59. The zero-order valence-corrected chi connectivity index (χ0v) is 24.8. The fourth-order valence-corrected chi connectivity index (χ4v) is 6.28. The van der Waals surface area contributed by atoms with E-state index in [0.717, 1.165) is 57.8 Å². The standard InChI is InChI=1S/C29H48N4O8/c1-20-19-33(28(36)32(26(20)35)16-10-15-31-23(34)18-30)24-17-22(41-29(38-3)13-8-5-9-14-29)25(40-24)27(37-2)39-21-11-6-4-7-12-21/h19,21-22,24-25,27H,4-18,30H2,1-3H3,(H,31,34)/t22-,24+,25+,27?/m0/s1. The highest BCUT2D eigenvalue weighted by Gasteiger charge is 2.48. The van der Waals surface area contributed by atoms with Crippen LogP contribution in [-0.4, -0.2) is 72.7 Å². The molecule has 1 unspecified atom stereocenters. The highest BCUT2D eigenvalue weighted by molar-refractivity contribution is 5.77. The summed E-state index contributed by atoms with van der Waals surface area (Å²) < 4.78 is 34.1. The van der Waals surface area contributed by atoms with E-state index in [1.165, 1.54) is 15.6 Å². The van der Waals surface area contributed by atoms with Crippen LogP contribution in [0.2, 0.25) is 0 Å². The minimum Gasteiger partial charge on any atom is -0.355 e. The molecular weight excluding hydrogens is 532 g/mol. The summed E-state index contributed by atoms with van der Waals surface area (Å²) in [6.45, 7) is 2.02. The number of carbonyl (C=O) groups is 1. The lowest BCUT2D eigenvalue weighted by Crippen LogP contribution is -2.47. The molecule has 12 nitrogen and oxygen atoms in total. The van der Waals surface area contributed by atoms with Crippen molar-refractivity contribution in [1.82, 2.24) is 14.5 Å². The van der Waals surface area contributed by atoms with E-state index in [2.05, 4.69) is 5.32 Å². The molecule has 2 saturated carbocycles. The Kier molecular flexibility index (Phi) is 11.6. The Hall–Kier alpha value is -2.09. The van der Waals surface area contributed by atoms with Gasteiger partial charge in [0.1, 0.15) is 12.3 Å². The number of nitrogens with two attached hydrogens (primary N) is 1. The Morgan fingerprint density at radius 2 is 1.85 bits per heavy atom. The quantitative estimate of drug-likeness (QED) is 0.265. The maximum Gasteiger partial charge on any atom is 0.333 e. The summed E-state index contributed by atoms with van der Waals surface area (Å²) in [5.41, 5.74) is 4.91. The number of rotatable bonds is 13. The Bertz CT molecular complexity index is 1110. The number of aromatic nitrogens is 2. The summed E-state index contributed by atoms with van der Waals surface area (Å²) >= 11 is 0. The van der Waals surface area contributed by atoms with Crippen molar-refractivity contribution in [2.75, 3.05) is 27.3 Å². The molecule has 1 saturated heterocycles. The van der Waals surface area contributed by atoms with Gasteiger partial charge in [0.25, 0.3) is 5.56 Å². The third-order valence-electron chi connectivity index (χ3n) is 8.59. The number of methoxy groups -OCH3 is 2. The van der Waals surface area contributed by atoms with Crippen molar-refractivity contribution in [3.8, 4) is 0 Å². The van der Waals surface area contributed by atoms with E-state index in [-0.39, 0.29) is 30.7 Å². The van der Waals surface area contributed by atoms with Gasteiger partial charge in [-0.1, -0.05) is 25.7 Å². The van der Waals surface area contributed by atoms with E-state index in [1.807, 2.05) is 0 Å². The topological polar surface area (TPSA) is 145 Å². The van der Waals surface area contributed by atoms with E-state index in [0.29, 0.717) is 24.9 Å². The smallest absolute Gasteiger partial charge is 0.333 e. The number of nitrogens with one attached hydrogen (secondary N) is 1. The van der Waals surface area contributed by atoms with E-state index in [1.54, 1.807) is 27.3 Å². The van der Waals surface area contributed by atoms with Crippen molar-refractivity contribution in [3.63, 3.8) is 0 Å². The van der Waals surface area contributed by atoms with Crippen LogP contribution in [0.25, 0.3) is 0 Å². The summed E-state index contributed by atoms with van der Waals surface area (Å²) in [6, 6.07) is 0. The molecular formula is C29H48N4O8. The van der Waals surface area contributed by atoms with Crippen LogP contribution < -0.4 is 22.3 Å². The summed E-state index contributed by atoms with van der Waals surface area (Å²) in [6.07, 6.45) is 10.1. The molecule has 1 aliphatic heterocycles. The number of hydrogen-bond acceptors (Lipinski definition) is 9. The second-order valence-electron chi connectivity index (χ2n) is 11.5. The Morgan fingerprint density at radius 1 is 1.15 bits per heavy atom. The van der Waals surface area contributed by atoms with Gasteiger partial charge in [0.05, 0.1) is 18.8 Å². The fraction of sp³-hybridized carbons (Fsp3) is 0.828. The van der Waals surface area contributed by atoms with Gasteiger partial charge in [0.15, 0.2) is 12.1 Å². The summed E-state index contributed by atoms with van der Waals surface area (Å²) in [7, 11) is 3.29. The third kappa shape index (κ3) is 7.85. The van der Waals surface area contributed by atoms with Gasteiger partial charge in [0, 0.05) is 58.3 Å². The summed E-state index contributed by atoms with van der Waals surface area (Å²) in [4.78, 5) is 38.0. The van der Waals surface area contributed by atoms with Crippen molar-refractivity contribution >= 4 is 5.91 Å². The fourth-order valence-electron chi connectivity index (χ4n) is 6.28. The number of aryl methyl sites for hydroxylation is 1. The monoisotopic (exact) mass is 580 g/mol. The first-order chi connectivity index (χ1) is 19.8. The van der Waals surface area contributed by atoms with Crippen LogP contribution in [0.15, 0.2) is 15.8 Å². The SMILES string of the molecule is COC(OC1CCCCC1)[C@@H]1O[C@@H](n2cc(C)c(=O)n(CCCNC(=O)CN)c2=O)C[C@@H]1OC1(OC)CCCCC1. The average molecular weight is 581 g/mol. The predicted molar refractivity (Wildman–Crippen MR) is 151 cm³/mol. The zero-order valence-electron chi connectivity index (χ0n) is 24.8. The lowest BCUT2D eigenvalue weighted by molar-refractivity contribution is -0.291. The van der Waals surface area contributed by atoms with Gasteiger partial charge >= 0.3 is 5.69 Å². The summed E-state index contributed by atoms with van der Waals surface area (Å²) in [5.74, 6) is -1.01. The number of hydrogen-bond donors (Lipinski definition) is 2. The predicted octanol–water partition coefficient (Wildman–Crippen LogP) is 2.08. The van der Waals surface area contributed by atoms with E-state index in [9.17, 15) is 14.4 Å². The molecule has 1 aromatic rings. The average Bonchev–Trinajstić information content (AvgIpc) is 3.40. The number of carbonyl (C=O) groups excluding carboxylic acids is 1. The van der Waals surface area contributed by atoms with Crippen LogP contribution >= 0.6 is 0 Å². The molecule has 1 aromatic heterocycles. The first kappa shape index (κ1) is 31.8. The minimum absolute atomic E-state index is 0.0784. The van der Waals surface area contributed by atoms with Gasteiger partial charge in [-0.25, -0.2) is 4.79 Å². The molecule has 2 heterocycles. The minimum atomic E-state index is -0.726. The van der Waals surface area contributed by atoms with Crippen molar-refractivity contribution in [2.24, 2.45) is 5.73 Å². The van der Waals surface area contributed by atoms with Gasteiger partial charge in [-0.2, -0.15) is 0 Å². The zero-order chi connectivity index (χ0) is 29.4. The Morgan fingerprint density at radius 3 is 2.51 bits per heavy atom. The molecule has 41 heavy (non-hydrogen) atoms. The van der Waals surface area contributed by atoms with Crippen LogP contribution in [0.4, 0.5) is 0 Å². The molecule has 1 amide bonds. The molecule has 0 bridgehead atoms. The van der Waals surface area contributed by atoms with Crippen LogP contribution in [-0.2, 0) is 35.0 Å². The van der Waals surface area contributed by atoms with Crippen molar-refractivity contribution in [3.05, 3.63) is 32.6 Å². The van der Waals surface area contributed by atoms with Gasteiger partial charge in [-0.15, -0.1) is 0 Å². The molecule has 0 radical (unpaired) electrons. The van der Waals surface area contributed by atoms with Crippen molar-refractivity contribution in [2.45, 2.75) is 127 Å². The normalized spacial score (nSPS) is 25.7. The second kappa shape index (κ2) is 14.9. The highest BCUT2D eigenvalue weighted by Crippen LogP contribution is 2.40. The van der Waals surface area contributed by atoms with Crippen LogP contribution in [0, 0.1) is 6.92 Å². The molecule has 4 rings (SSSR count). The molecule has 3 fully saturated rings. The molecule has 0 spiro atoms. The largest absolute Gasteiger partial charge is 0.355 e. The highest BCUT2D eigenvalue weighted by atomic mass is 16.7. The van der Waals surface area contributed by atoms with Crippen molar-refractivity contribution < 1.29 is 28.5 Å². The molecule has 12 heteroatoms. The molecule has 0 aromatic carbocycles. The first-order valence-corrected chi connectivity index (χ1v) is 15.2. The summed E-state index contributed by atoms with van der Waals surface area (Å²) in [5, 5.41) is 2.67. The lowest BCUT2D eigenvalue weighted by Gasteiger charge is -2.40. The second-order valence-corrected chi connectivity index (χ2v) is 11.5. The molecule has 232 valence electrons. The van der Waals surface area contributed by atoms with Crippen LogP contribution in [0.3, 0.4) is 0 Å². The van der Waals surface area contributed by atoms with Crippen LogP contribution in [0.5, 0.6) is 0 Å². The van der Waals surface area contributed by atoms with E-state index < -0.39 is 36.2 Å². The van der Waals surface area contributed by atoms with Gasteiger partial charge in [0.2, 0.25) is 5.91 Å². The molecule has 3 N–H and O–H groups in total. The van der Waals surface area contributed by atoms with E-state index in [4.69, 9.17) is 29.4 Å². The lowest BCUT2D eigenvalue weighted by atomic mass is 9.93. The van der Waals surface area contributed by atoms with Gasteiger partial charge < -0.3 is 34.7 Å². The number of ether oxygens (including phenoxy) is 5. The number of nitrogens with zero attached hydrogens (tertiary/aromatic N) is 2. The maximum atomic E-state index is 13.6. The maximum absolute atomic E-state index is 13.6. The van der Waals surface area contributed by atoms with Crippen molar-refractivity contribution in [1.29, 1.82) is 0 Å². The van der Waals surface area contributed by atoms with Gasteiger partial charge in [-0.05, 0) is 39.0 Å². The molecule has 3 aliphatic rings. The molecule has 4 atom stereocenters.